The zero-order chi connectivity index (χ0) is 17.4. The molecule has 130 valence electrons. The summed E-state index contributed by atoms with van der Waals surface area (Å²) in [6.07, 6.45) is 4.43. The number of aromatic nitrogens is 2. The predicted octanol–water partition coefficient (Wildman–Crippen LogP) is 3.08. The van der Waals surface area contributed by atoms with Gasteiger partial charge in [-0.1, -0.05) is 6.92 Å². The van der Waals surface area contributed by atoms with Gasteiger partial charge in [-0.3, -0.25) is 4.90 Å². The highest BCUT2D eigenvalue weighted by Crippen LogP contribution is 2.24. The molecular formula is C19H22N4O2. The number of nitrogens with one attached hydrogen (secondary N) is 1. The molecule has 0 radical (unpaired) electrons. The van der Waals surface area contributed by atoms with E-state index in [1.165, 1.54) is 12.8 Å². The third-order valence-corrected chi connectivity index (χ3v) is 5.12. The number of fused-ring (bicyclic) bond motifs is 3. The maximum atomic E-state index is 11.3. The number of likely N-dealkylation sites (N-methyl/N-ethyl adjacent to an activating group) is 1. The monoisotopic (exact) mass is 338 g/mol. The van der Waals surface area contributed by atoms with Gasteiger partial charge in [0.1, 0.15) is 0 Å². The largest absolute Gasteiger partial charge is 0.478 e. The SMILES string of the molecule is CCN1CCCC1CNc1nc2cc(C(=O)O)ccc2n2cccc12. The summed E-state index contributed by atoms with van der Waals surface area (Å²) in [4.78, 5) is 18.5. The normalized spacial score (nSPS) is 18.2. The minimum absolute atomic E-state index is 0.255. The molecule has 0 saturated carbocycles. The summed E-state index contributed by atoms with van der Waals surface area (Å²) in [7, 11) is 0. The molecule has 3 heterocycles. The quantitative estimate of drug-likeness (QED) is 0.748. The fourth-order valence-corrected chi connectivity index (χ4v) is 3.80. The first-order valence-electron chi connectivity index (χ1n) is 8.79. The molecule has 1 atom stereocenters. The summed E-state index contributed by atoms with van der Waals surface area (Å²) in [6, 6.07) is 9.63. The van der Waals surface area contributed by atoms with E-state index in [0.717, 1.165) is 36.5 Å². The van der Waals surface area contributed by atoms with Crippen molar-refractivity contribution in [3.05, 3.63) is 42.1 Å². The molecule has 2 N–H and O–H groups in total. The second kappa shape index (κ2) is 6.37. The number of carbonyl (C=O) groups is 1. The van der Waals surface area contributed by atoms with Crippen molar-refractivity contribution in [2.75, 3.05) is 25.0 Å². The predicted molar refractivity (Wildman–Crippen MR) is 98.4 cm³/mol. The fraction of sp³-hybridized carbons (Fsp3) is 0.368. The third kappa shape index (κ3) is 2.82. The highest BCUT2D eigenvalue weighted by molar-refractivity contribution is 5.94. The standard InChI is InChI=1S/C19H22N4O2/c1-2-22-9-3-5-14(22)12-20-18-17-6-4-10-23(17)16-8-7-13(19(24)25)11-15(16)21-18/h4,6-8,10-11,14H,2-3,5,9,12H2,1H3,(H,20,21)(H,24,25). The van der Waals surface area contributed by atoms with E-state index in [1.54, 1.807) is 12.1 Å². The topological polar surface area (TPSA) is 69.9 Å². The number of carboxylic acid groups (broad SMARTS) is 1. The number of rotatable bonds is 5. The Morgan fingerprint density at radius 3 is 3.04 bits per heavy atom. The van der Waals surface area contributed by atoms with E-state index in [-0.39, 0.29) is 5.56 Å². The highest BCUT2D eigenvalue weighted by Gasteiger charge is 2.23. The summed E-state index contributed by atoms with van der Waals surface area (Å²) in [5.41, 5.74) is 2.86. The minimum atomic E-state index is -0.935. The van der Waals surface area contributed by atoms with Crippen molar-refractivity contribution < 1.29 is 9.90 Å². The number of benzene rings is 1. The van der Waals surface area contributed by atoms with Gasteiger partial charge in [0.25, 0.3) is 0 Å². The maximum absolute atomic E-state index is 11.3. The van der Waals surface area contributed by atoms with Crippen molar-refractivity contribution in [3.63, 3.8) is 0 Å². The molecule has 1 aromatic carbocycles. The van der Waals surface area contributed by atoms with Crippen LogP contribution in [-0.4, -0.2) is 51.0 Å². The van der Waals surface area contributed by atoms with E-state index in [0.29, 0.717) is 11.6 Å². The Bertz CT molecular complexity index is 934. The van der Waals surface area contributed by atoms with E-state index < -0.39 is 5.97 Å². The van der Waals surface area contributed by atoms with Crippen LogP contribution in [0.15, 0.2) is 36.5 Å². The fourth-order valence-electron chi connectivity index (χ4n) is 3.80. The van der Waals surface area contributed by atoms with Crippen LogP contribution in [0.1, 0.15) is 30.1 Å². The van der Waals surface area contributed by atoms with Gasteiger partial charge in [-0.25, -0.2) is 9.78 Å². The molecule has 3 aromatic rings. The summed E-state index contributed by atoms with van der Waals surface area (Å²) in [6.45, 7) is 5.29. The van der Waals surface area contributed by atoms with Crippen LogP contribution in [0.3, 0.4) is 0 Å². The molecule has 4 rings (SSSR count). The average Bonchev–Trinajstić information content (AvgIpc) is 3.28. The molecule has 1 aliphatic heterocycles. The molecular weight excluding hydrogens is 316 g/mol. The van der Waals surface area contributed by atoms with Crippen LogP contribution in [0.5, 0.6) is 0 Å². The van der Waals surface area contributed by atoms with Crippen LogP contribution in [0.2, 0.25) is 0 Å². The van der Waals surface area contributed by atoms with Gasteiger partial charge in [0.05, 0.1) is 22.1 Å². The van der Waals surface area contributed by atoms with E-state index >= 15 is 0 Å². The molecule has 1 saturated heterocycles. The van der Waals surface area contributed by atoms with Crippen molar-refractivity contribution in [1.82, 2.24) is 14.3 Å². The van der Waals surface area contributed by atoms with Gasteiger partial charge in [0.2, 0.25) is 0 Å². The third-order valence-electron chi connectivity index (χ3n) is 5.12. The summed E-state index contributed by atoms with van der Waals surface area (Å²) in [5.74, 6) is -0.127. The van der Waals surface area contributed by atoms with Gasteiger partial charge in [-0.05, 0) is 56.3 Å². The number of anilines is 1. The second-order valence-electron chi connectivity index (χ2n) is 6.54. The van der Waals surface area contributed by atoms with Crippen LogP contribution in [0, 0.1) is 0 Å². The molecule has 2 aromatic heterocycles. The lowest BCUT2D eigenvalue weighted by Gasteiger charge is -2.23. The molecule has 0 amide bonds. The van der Waals surface area contributed by atoms with Gasteiger partial charge in [0, 0.05) is 18.8 Å². The molecule has 6 nitrogen and oxygen atoms in total. The lowest BCUT2D eigenvalue weighted by Crippen LogP contribution is -2.34. The zero-order valence-electron chi connectivity index (χ0n) is 14.3. The molecule has 1 unspecified atom stereocenters. The highest BCUT2D eigenvalue weighted by atomic mass is 16.4. The maximum Gasteiger partial charge on any atom is 0.335 e. The van der Waals surface area contributed by atoms with E-state index in [1.807, 2.05) is 24.4 Å². The van der Waals surface area contributed by atoms with Gasteiger partial charge in [-0.2, -0.15) is 0 Å². The first kappa shape index (κ1) is 15.9. The van der Waals surface area contributed by atoms with Crippen molar-refractivity contribution in [1.29, 1.82) is 0 Å². The molecule has 25 heavy (non-hydrogen) atoms. The molecule has 1 aliphatic rings. The summed E-state index contributed by atoms with van der Waals surface area (Å²) >= 11 is 0. The number of hydrogen-bond donors (Lipinski definition) is 2. The van der Waals surface area contributed by atoms with Gasteiger partial charge in [-0.15, -0.1) is 0 Å². The van der Waals surface area contributed by atoms with Crippen LogP contribution in [0.25, 0.3) is 16.6 Å². The van der Waals surface area contributed by atoms with Crippen molar-refractivity contribution in [2.24, 2.45) is 0 Å². The lowest BCUT2D eigenvalue weighted by atomic mass is 10.2. The van der Waals surface area contributed by atoms with E-state index in [4.69, 9.17) is 4.98 Å². The van der Waals surface area contributed by atoms with Crippen LogP contribution in [-0.2, 0) is 0 Å². The molecule has 6 heteroatoms. The molecule has 0 aliphatic carbocycles. The van der Waals surface area contributed by atoms with Crippen LogP contribution in [0.4, 0.5) is 5.82 Å². The van der Waals surface area contributed by atoms with Gasteiger partial charge >= 0.3 is 5.97 Å². The first-order chi connectivity index (χ1) is 12.2. The molecule has 0 spiro atoms. The van der Waals surface area contributed by atoms with Crippen molar-refractivity contribution in [3.8, 4) is 0 Å². The average molecular weight is 338 g/mol. The Balaban J connectivity index is 1.71. The van der Waals surface area contributed by atoms with Crippen LogP contribution < -0.4 is 5.32 Å². The Morgan fingerprint density at radius 1 is 1.36 bits per heavy atom. The van der Waals surface area contributed by atoms with E-state index in [9.17, 15) is 9.90 Å². The number of hydrogen-bond acceptors (Lipinski definition) is 4. The molecule has 1 fully saturated rings. The number of nitrogens with zero attached hydrogens (tertiary/aromatic N) is 3. The Labute approximate surface area is 146 Å². The van der Waals surface area contributed by atoms with E-state index in [2.05, 4.69) is 21.5 Å². The smallest absolute Gasteiger partial charge is 0.335 e. The van der Waals surface area contributed by atoms with Gasteiger partial charge < -0.3 is 14.8 Å². The number of likely N-dealkylation sites (tertiary alicyclic amines) is 1. The van der Waals surface area contributed by atoms with Crippen molar-refractivity contribution in [2.45, 2.75) is 25.8 Å². The number of carboxylic acids is 1. The Hall–Kier alpha value is -2.60. The van der Waals surface area contributed by atoms with Gasteiger partial charge in [0.15, 0.2) is 5.82 Å². The first-order valence-corrected chi connectivity index (χ1v) is 8.79. The van der Waals surface area contributed by atoms with Crippen LogP contribution >= 0.6 is 0 Å². The lowest BCUT2D eigenvalue weighted by molar-refractivity contribution is 0.0697. The second-order valence-corrected chi connectivity index (χ2v) is 6.54. The zero-order valence-corrected chi connectivity index (χ0v) is 14.3. The number of aromatic carboxylic acids is 1. The minimum Gasteiger partial charge on any atom is -0.478 e. The Morgan fingerprint density at radius 2 is 2.24 bits per heavy atom. The summed E-state index contributed by atoms with van der Waals surface area (Å²) < 4.78 is 2.06. The molecule has 0 bridgehead atoms. The summed E-state index contributed by atoms with van der Waals surface area (Å²) in [5, 5.41) is 12.7. The van der Waals surface area contributed by atoms with Crippen molar-refractivity contribution >= 4 is 28.3 Å². The Kier molecular flexibility index (Phi) is 4.05.